The fourth-order valence-electron chi connectivity index (χ4n) is 1.80. The average Bonchev–Trinajstić information content (AvgIpc) is 2.72. The van der Waals surface area contributed by atoms with E-state index in [1.54, 1.807) is 16.8 Å². The number of likely N-dealkylation sites (tertiary alicyclic amines) is 1. The van der Waals surface area contributed by atoms with Crippen molar-refractivity contribution in [2.75, 3.05) is 25.0 Å². The third kappa shape index (κ3) is 2.42. The predicted molar refractivity (Wildman–Crippen MR) is 58.7 cm³/mol. The molecule has 1 N–H and O–H groups in total. The third-order valence-corrected chi connectivity index (χ3v) is 3.34. The van der Waals surface area contributed by atoms with Gasteiger partial charge in [0.05, 0.1) is 0 Å². The van der Waals surface area contributed by atoms with E-state index >= 15 is 0 Å². The molecule has 1 aliphatic rings. The van der Waals surface area contributed by atoms with Crippen molar-refractivity contribution in [3.63, 3.8) is 0 Å². The van der Waals surface area contributed by atoms with Crippen molar-refractivity contribution >= 4 is 16.5 Å². The highest BCUT2D eigenvalue weighted by molar-refractivity contribution is 7.13. The van der Waals surface area contributed by atoms with Crippen LogP contribution in [0.4, 0.5) is 5.13 Å². The molecule has 0 unspecified atom stereocenters. The van der Waals surface area contributed by atoms with E-state index in [9.17, 15) is 0 Å². The van der Waals surface area contributed by atoms with Crippen molar-refractivity contribution in [2.45, 2.75) is 25.8 Å². The Morgan fingerprint density at radius 3 is 2.93 bits per heavy atom. The largest absolute Gasteiger partial charge is 0.357 e. The SMILES string of the molecule is CCN1CCC(Nc2nncs2)CC1. The minimum absolute atomic E-state index is 0.589. The van der Waals surface area contributed by atoms with Crippen LogP contribution in [0.2, 0.25) is 0 Å². The lowest BCUT2D eigenvalue weighted by molar-refractivity contribution is 0.229. The molecule has 0 aromatic carbocycles. The Labute approximate surface area is 88.3 Å². The smallest absolute Gasteiger partial charge is 0.205 e. The summed E-state index contributed by atoms with van der Waals surface area (Å²) in [5.74, 6) is 0. The highest BCUT2D eigenvalue weighted by Crippen LogP contribution is 2.16. The van der Waals surface area contributed by atoms with Gasteiger partial charge in [-0.3, -0.25) is 0 Å². The van der Waals surface area contributed by atoms with Crippen LogP contribution >= 0.6 is 11.3 Å². The zero-order valence-corrected chi connectivity index (χ0v) is 9.26. The number of anilines is 1. The van der Waals surface area contributed by atoms with Gasteiger partial charge in [0.1, 0.15) is 5.51 Å². The molecule has 1 aromatic heterocycles. The van der Waals surface area contributed by atoms with Crippen LogP contribution in [0.25, 0.3) is 0 Å². The highest BCUT2D eigenvalue weighted by atomic mass is 32.1. The summed E-state index contributed by atoms with van der Waals surface area (Å²) in [6, 6.07) is 0.589. The molecule has 4 nitrogen and oxygen atoms in total. The molecule has 2 rings (SSSR count). The molecule has 0 spiro atoms. The van der Waals surface area contributed by atoms with Gasteiger partial charge in [0.2, 0.25) is 5.13 Å². The van der Waals surface area contributed by atoms with E-state index in [1.807, 2.05) is 0 Å². The summed E-state index contributed by atoms with van der Waals surface area (Å²) in [6.07, 6.45) is 2.43. The van der Waals surface area contributed by atoms with Gasteiger partial charge in [0.25, 0.3) is 0 Å². The van der Waals surface area contributed by atoms with Crippen LogP contribution in [0.1, 0.15) is 19.8 Å². The lowest BCUT2D eigenvalue weighted by Gasteiger charge is -2.31. The number of nitrogens with one attached hydrogen (secondary N) is 1. The molecule has 0 aliphatic carbocycles. The van der Waals surface area contributed by atoms with Gasteiger partial charge >= 0.3 is 0 Å². The van der Waals surface area contributed by atoms with Crippen LogP contribution in [-0.2, 0) is 0 Å². The summed E-state index contributed by atoms with van der Waals surface area (Å²) < 4.78 is 0. The monoisotopic (exact) mass is 212 g/mol. The maximum Gasteiger partial charge on any atom is 0.205 e. The third-order valence-electron chi connectivity index (χ3n) is 2.72. The molecule has 0 radical (unpaired) electrons. The summed E-state index contributed by atoms with van der Waals surface area (Å²) in [5, 5.41) is 12.2. The summed E-state index contributed by atoms with van der Waals surface area (Å²) in [5.41, 5.74) is 1.77. The predicted octanol–water partition coefficient (Wildman–Crippen LogP) is 1.43. The van der Waals surface area contributed by atoms with Crippen molar-refractivity contribution in [2.24, 2.45) is 0 Å². The Hall–Kier alpha value is -0.680. The lowest BCUT2D eigenvalue weighted by Crippen LogP contribution is -2.38. The van der Waals surface area contributed by atoms with Gasteiger partial charge < -0.3 is 10.2 Å². The standard InChI is InChI=1S/C9H16N4S/c1-2-13-5-3-8(4-6-13)11-9-12-10-7-14-9/h7-8H,2-6H2,1H3,(H,11,12). The molecule has 0 bridgehead atoms. The normalized spacial score (nSPS) is 19.8. The van der Waals surface area contributed by atoms with Crippen molar-refractivity contribution in [3.05, 3.63) is 5.51 Å². The van der Waals surface area contributed by atoms with Crippen molar-refractivity contribution < 1.29 is 0 Å². The molecule has 1 saturated heterocycles. The van der Waals surface area contributed by atoms with E-state index in [4.69, 9.17) is 0 Å². The Morgan fingerprint density at radius 2 is 2.36 bits per heavy atom. The Bertz CT molecular complexity index is 254. The van der Waals surface area contributed by atoms with E-state index in [0.29, 0.717) is 6.04 Å². The summed E-state index contributed by atoms with van der Waals surface area (Å²) in [7, 11) is 0. The van der Waals surface area contributed by atoms with E-state index in [2.05, 4.69) is 27.3 Å². The topological polar surface area (TPSA) is 41.0 Å². The highest BCUT2D eigenvalue weighted by Gasteiger charge is 2.18. The maximum absolute atomic E-state index is 3.99. The van der Waals surface area contributed by atoms with Crippen LogP contribution in [0, 0.1) is 0 Å². The van der Waals surface area contributed by atoms with E-state index < -0.39 is 0 Å². The molecule has 1 aliphatic heterocycles. The zero-order valence-electron chi connectivity index (χ0n) is 8.44. The van der Waals surface area contributed by atoms with Gasteiger partial charge in [0.15, 0.2) is 0 Å². The minimum Gasteiger partial charge on any atom is -0.357 e. The molecule has 1 aromatic rings. The van der Waals surface area contributed by atoms with Crippen LogP contribution < -0.4 is 5.32 Å². The molecular formula is C9H16N4S. The molecule has 1 fully saturated rings. The molecule has 0 amide bonds. The van der Waals surface area contributed by atoms with Crippen LogP contribution in [0.3, 0.4) is 0 Å². The first-order chi connectivity index (χ1) is 6.88. The van der Waals surface area contributed by atoms with Crippen LogP contribution in [0.5, 0.6) is 0 Å². The average molecular weight is 212 g/mol. The summed E-state index contributed by atoms with van der Waals surface area (Å²) >= 11 is 1.58. The van der Waals surface area contributed by atoms with E-state index in [-0.39, 0.29) is 0 Å². The van der Waals surface area contributed by atoms with Gasteiger partial charge in [-0.05, 0) is 19.4 Å². The number of rotatable bonds is 3. The Morgan fingerprint density at radius 1 is 1.57 bits per heavy atom. The van der Waals surface area contributed by atoms with Gasteiger partial charge in [0, 0.05) is 19.1 Å². The van der Waals surface area contributed by atoms with Crippen molar-refractivity contribution in [1.82, 2.24) is 15.1 Å². The van der Waals surface area contributed by atoms with Crippen molar-refractivity contribution in [3.8, 4) is 0 Å². The fraction of sp³-hybridized carbons (Fsp3) is 0.778. The number of hydrogen-bond donors (Lipinski definition) is 1. The maximum atomic E-state index is 3.99. The molecule has 14 heavy (non-hydrogen) atoms. The summed E-state index contributed by atoms with van der Waals surface area (Å²) in [6.45, 7) is 5.80. The lowest BCUT2D eigenvalue weighted by atomic mass is 10.1. The number of aromatic nitrogens is 2. The van der Waals surface area contributed by atoms with Crippen LogP contribution in [0.15, 0.2) is 5.51 Å². The second-order valence-corrected chi connectivity index (χ2v) is 4.43. The summed E-state index contributed by atoms with van der Waals surface area (Å²) in [4.78, 5) is 2.48. The Balaban J connectivity index is 1.79. The second-order valence-electron chi connectivity index (χ2n) is 3.60. The fourth-order valence-corrected chi connectivity index (χ4v) is 2.33. The molecular weight excluding hydrogens is 196 g/mol. The Kier molecular flexibility index (Phi) is 3.31. The minimum atomic E-state index is 0.589. The van der Waals surface area contributed by atoms with Gasteiger partial charge in [-0.2, -0.15) is 0 Å². The van der Waals surface area contributed by atoms with E-state index in [1.165, 1.54) is 32.5 Å². The van der Waals surface area contributed by atoms with E-state index in [0.717, 1.165) is 5.13 Å². The molecule has 0 saturated carbocycles. The molecule has 2 heterocycles. The molecule has 5 heteroatoms. The first-order valence-corrected chi connectivity index (χ1v) is 6.01. The number of nitrogens with zero attached hydrogens (tertiary/aromatic N) is 3. The van der Waals surface area contributed by atoms with Gasteiger partial charge in [-0.1, -0.05) is 18.3 Å². The quantitative estimate of drug-likeness (QED) is 0.823. The second kappa shape index (κ2) is 4.70. The van der Waals surface area contributed by atoms with Gasteiger partial charge in [-0.25, -0.2) is 0 Å². The first-order valence-electron chi connectivity index (χ1n) is 5.13. The van der Waals surface area contributed by atoms with Crippen molar-refractivity contribution in [1.29, 1.82) is 0 Å². The van der Waals surface area contributed by atoms with Crippen LogP contribution in [-0.4, -0.2) is 40.8 Å². The number of hydrogen-bond acceptors (Lipinski definition) is 5. The molecule has 0 atom stereocenters. The zero-order chi connectivity index (χ0) is 9.80. The first kappa shape index (κ1) is 9.86. The molecule has 78 valence electrons. The van der Waals surface area contributed by atoms with Gasteiger partial charge in [-0.15, -0.1) is 10.2 Å². The number of piperidine rings is 1.